The number of rotatable bonds is 4. The summed E-state index contributed by atoms with van der Waals surface area (Å²) in [5.41, 5.74) is 1.24. The first-order chi connectivity index (χ1) is 19.4. The first kappa shape index (κ1) is 26.9. The van der Waals surface area contributed by atoms with Gasteiger partial charge < -0.3 is 38.9 Å². The molecule has 210 valence electrons. The fraction of sp³-hybridized carbons (Fsp3) is 0.357. The minimum absolute atomic E-state index is 0.187. The normalized spacial score (nSPS) is 19.0. The summed E-state index contributed by atoms with van der Waals surface area (Å²) >= 11 is 0. The van der Waals surface area contributed by atoms with Crippen LogP contribution in [0, 0.1) is 0 Å². The van der Waals surface area contributed by atoms with Gasteiger partial charge in [0.1, 0.15) is 34.9 Å². The molecular formula is C28H30N4O8. The molecule has 0 spiro atoms. The summed E-state index contributed by atoms with van der Waals surface area (Å²) in [5.74, 6) is 1.09. The molecular weight excluding hydrogens is 520 g/mol. The quantitative estimate of drug-likeness (QED) is 0.499. The Kier molecular flexibility index (Phi) is 7.76. The van der Waals surface area contributed by atoms with Gasteiger partial charge in [-0.15, -0.1) is 0 Å². The maximum absolute atomic E-state index is 13.4. The Morgan fingerprint density at radius 3 is 2.73 bits per heavy atom. The van der Waals surface area contributed by atoms with Crippen LogP contribution in [0.3, 0.4) is 0 Å². The lowest BCUT2D eigenvalue weighted by Crippen LogP contribution is -2.45. The van der Waals surface area contributed by atoms with E-state index in [0.29, 0.717) is 35.2 Å². The number of amides is 3. The summed E-state index contributed by atoms with van der Waals surface area (Å²) < 4.78 is 28.2. The zero-order valence-electron chi connectivity index (χ0n) is 22.4. The van der Waals surface area contributed by atoms with Crippen molar-refractivity contribution in [3.63, 3.8) is 0 Å². The number of nitrogens with zero attached hydrogens (tertiary/aromatic N) is 2. The van der Waals surface area contributed by atoms with E-state index in [1.54, 1.807) is 35.2 Å². The molecule has 6 rings (SSSR count). The van der Waals surface area contributed by atoms with E-state index in [0.717, 1.165) is 5.56 Å². The van der Waals surface area contributed by atoms with Crippen LogP contribution in [0.25, 0.3) is 0 Å². The van der Waals surface area contributed by atoms with Crippen LogP contribution in [0.2, 0.25) is 0 Å². The molecule has 12 nitrogen and oxygen atoms in total. The van der Waals surface area contributed by atoms with Crippen molar-refractivity contribution in [1.82, 2.24) is 20.5 Å². The lowest BCUT2D eigenvalue weighted by Gasteiger charge is -2.22. The monoisotopic (exact) mass is 550 g/mol. The number of likely N-dealkylation sites (tertiary alicyclic amines) is 1. The van der Waals surface area contributed by atoms with Crippen LogP contribution in [0.1, 0.15) is 39.1 Å². The molecule has 3 aliphatic heterocycles. The van der Waals surface area contributed by atoms with Gasteiger partial charge in [-0.1, -0.05) is 6.92 Å². The molecule has 1 aromatic heterocycles. The molecule has 3 aromatic rings. The van der Waals surface area contributed by atoms with Crippen molar-refractivity contribution in [2.75, 3.05) is 33.9 Å². The Hall–Kier alpha value is -4.74. The smallest absolute Gasteiger partial charge is 0.276 e. The third kappa shape index (κ3) is 5.65. The number of aromatic nitrogens is 1. The molecule has 4 heterocycles. The summed E-state index contributed by atoms with van der Waals surface area (Å²) in [7, 11) is 3.00. The second kappa shape index (κ2) is 11.6. The van der Waals surface area contributed by atoms with Crippen LogP contribution in [0.4, 0.5) is 0 Å². The molecule has 12 heteroatoms. The molecule has 2 N–H and O–H groups in total. The second-order valence-corrected chi connectivity index (χ2v) is 9.36. The Bertz CT molecular complexity index is 1420. The zero-order valence-corrected chi connectivity index (χ0v) is 22.4. The van der Waals surface area contributed by atoms with Crippen LogP contribution >= 0.6 is 0 Å². The Morgan fingerprint density at radius 2 is 1.95 bits per heavy atom. The van der Waals surface area contributed by atoms with Crippen LogP contribution in [0.5, 0.6) is 23.0 Å². The first-order valence-corrected chi connectivity index (χ1v) is 12.8. The summed E-state index contributed by atoms with van der Waals surface area (Å²) in [6.07, 6.45) is 1.18. The van der Waals surface area contributed by atoms with E-state index in [1.165, 1.54) is 26.7 Å². The van der Waals surface area contributed by atoms with Crippen molar-refractivity contribution in [1.29, 1.82) is 0 Å². The average Bonchev–Trinajstić information content (AvgIpc) is 3.61. The van der Waals surface area contributed by atoms with E-state index in [9.17, 15) is 14.4 Å². The van der Waals surface area contributed by atoms with Crippen LogP contribution in [-0.2, 0) is 17.8 Å². The standard InChI is InChI=1S/C28H30N4O8/c1-4-22-26(30-15-39-22)28(35)32-12-21-24(13-32)40-18-6-5-16(23(10-18)37-3)11-29-25(33)14-38-20-8-17(27(34)31-21)7-19(9-20)36-2/h5-10,15,21,24H,4,11-14H2,1-3H3,(H,29,33)(H,31,34)/t21-,24-/m0/s1. The number of carbonyl (C=O) groups excluding carboxylic acids is 3. The molecule has 0 saturated carbocycles. The molecule has 3 aliphatic rings. The highest BCUT2D eigenvalue weighted by Gasteiger charge is 2.39. The maximum atomic E-state index is 13.4. The number of methoxy groups -OCH3 is 2. The van der Waals surface area contributed by atoms with Gasteiger partial charge in [-0.05, 0) is 24.3 Å². The van der Waals surface area contributed by atoms with Gasteiger partial charge in [-0.3, -0.25) is 14.4 Å². The maximum Gasteiger partial charge on any atom is 0.276 e. The number of carbonyl (C=O) groups is 3. The van der Waals surface area contributed by atoms with Crippen molar-refractivity contribution in [2.45, 2.75) is 32.0 Å². The largest absolute Gasteiger partial charge is 0.497 e. The van der Waals surface area contributed by atoms with E-state index in [4.69, 9.17) is 23.4 Å². The number of hydrogen-bond acceptors (Lipinski definition) is 9. The summed E-state index contributed by atoms with van der Waals surface area (Å²) in [6, 6.07) is 9.37. The fourth-order valence-electron chi connectivity index (χ4n) is 4.71. The number of fused-ring (bicyclic) bond motifs is 7. The molecule has 2 aromatic carbocycles. The molecule has 40 heavy (non-hydrogen) atoms. The minimum atomic E-state index is -0.586. The van der Waals surface area contributed by atoms with Crippen LogP contribution in [-0.4, -0.2) is 73.7 Å². The number of oxazole rings is 1. The molecule has 0 aliphatic carbocycles. The predicted molar refractivity (Wildman–Crippen MR) is 141 cm³/mol. The third-order valence-corrected chi connectivity index (χ3v) is 6.80. The highest BCUT2D eigenvalue weighted by molar-refractivity contribution is 5.96. The van der Waals surface area contributed by atoms with E-state index >= 15 is 0 Å². The van der Waals surface area contributed by atoms with Gasteiger partial charge in [0.2, 0.25) is 0 Å². The Morgan fingerprint density at radius 1 is 1.10 bits per heavy atom. The number of hydrogen-bond donors (Lipinski definition) is 2. The van der Waals surface area contributed by atoms with Gasteiger partial charge in [-0.25, -0.2) is 4.98 Å². The zero-order chi connectivity index (χ0) is 28.2. The van der Waals surface area contributed by atoms with E-state index < -0.39 is 18.1 Å². The van der Waals surface area contributed by atoms with Crippen molar-refractivity contribution in [2.24, 2.45) is 0 Å². The van der Waals surface area contributed by atoms with Crippen LogP contribution < -0.4 is 29.6 Å². The van der Waals surface area contributed by atoms with E-state index in [1.807, 2.05) is 6.92 Å². The van der Waals surface area contributed by atoms with E-state index in [-0.39, 0.29) is 49.3 Å². The first-order valence-electron chi connectivity index (χ1n) is 12.8. The highest BCUT2D eigenvalue weighted by atomic mass is 16.5. The fourth-order valence-corrected chi connectivity index (χ4v) is 4.71. The van der Waals surface area contributed by atoms with E-state index in [2.05, 4.69) is 15.6 Å². The Labute approximate surface area is 230 Å². The van der Waals surface area contributed by atoms with Gasteiger partial charge in [0, 0.05) is 42.8 Å². The topological polar surface area (TPSA) is 141 Å². The molecule has 3 amide bonds. The molecule has 2 atom stereocenters. The highest BCUT2D eigenvalue weighted by Crippen LogP contribution is 2.29. The summed E-state index contributed by atoms with van der Waals surface area (Å²) in [4.78, 5) is 44.9. The van der Waals surface area contributed by atoms with Crippen molar-refractivity contribution in [3.8, 4) is 23.0 Å². The lowest BCUT2D eigenvalue weighted by molar-refractivity contribution is -0.123. The minimum Gasteiger partial charge on any atom is -0.497 e. The third-order valence-electron chi connectivity index (χ3n) is 6.80. The number of benzene rings is 2. The molecule has 0 unspecified atom stereocenters. The Balaban J connectivity index is 1.49. The molecule has 1 fully saturated rings. The van der Waals surface area contributed by atoms with Gasteiger partial charge in [0.15, 0.2) is 18.7 Å². The second-order valence-electron chi connectivity index (χ2n) is 9.36. The predicted octanol–water partition coefficient (Wildman–Crippen LogP) is 1.96. The molecule has 1 saturated heterocycles. The molecule has 0 radical (unpaired) electrons. The van der Waals surface area contributed by atoms with Gasteiger partial charge in [0.05, 0.1) is 26.8 Å². The van der Waals surface area contributed by atoms with Gasteiger partial charge >= 0.3 is 0 Å². The van der Waals surface area contributed by atoms with Crippen molar-refractivity contribution >= 4 is 17.7 Å². The van der Waals surface area contributed by atoms with Crippen molar-refractivity contribution < 1.29 is 37.7 Å². The average molecular weight is 551 g/mol. The molecule has 4 bridgehead atoms. The number of aryl methyl sites for hydroxylation is 1. The van der Waals surface area contributed by atoms with Gasteiger partial charge in [-0.2, -0.15) is 0 Å². The SMILES string of the molecule is CCc1ocnc1C(=O)N1C[C@@H]2NC(=O)c3cc(OC)cc(c3)OCC(=O)NCc3ccc(cc3OC)O[C@H]2C1. The number of nitrogens with one attached hydrogen (secondary N) is 2. The van der Waals surface area contributed by atoms with Crippen LogP contribution in [0.15, 0.2) is 47.2 Å². The summed E-state index contributed by atoms with van der Waals surface area (Å²) in [6.45, 7) is 2.21. The van der Waals surface area contributed by atoms with Crippen molar-refractivity contribution in [3.05, 3.63) is 65.4 Å². The van der Waals surface area contributed by atoms with Gasteiger partial charge in [0.25, 0.3) is 17.7 Å². The summed E-state index contributed by atoms with van der Waals surface area (Å²) in [5, 5.41) is 5.80. The lowest BCUT2D eigenvalue weighted by atomic mass is 10.1. The number of ether oxygens (including phenoxy) is 4.